The molecule has 7 rings (SSSR count). The van der Waals surface area contributed by atoms with Gasteiger partial charge in [-0.2, -0.15) is 0 Å². The quantitative estimate of drug-likeness (QED) is 0.542. The summed E-state index contributed by atoms with van der Waals surface area (Å²) in [5.74, 6) is 4.36. The van der Waals surface area contributed by atoms with Crippen molar-refractivity contribution in [2.75, 3.05) is 0 Å². The highest BCUT2D eigenvalue weighted by Gasteiger charge is 2.53. The van der Waals surface area contributed by atoms with Crippen LogP contribution in [0.1, 0.15) is 71.5 Å². The molecule has 0 saturated heterocycles. The molecular formula is C26H35N5O2S. The zero-order chi connectivity index (χ0) is 23.6. The van der Waals surface area contributed by atoms with Crippen molar-refractivity contribution < 1.29 is 4.79 Å². The molecule has 3 aromatic heterocycles. The van der Waals surface area contributed by atoms with Crippen molar-refractivity contribution in [1.82, 2.24) is 24.5 Å². The average Bonchev–Trinajstić information content (AvgIpc) is 3.41. The first-order valence-electron chi connectivity index (χ1n) is 13.0. The number of aryl methyl sites for hydroxylation is 1. The second kappa shape index (κ2) is 8.18. The summed E-state index contributed by atoms with van der Waals surface area (Å²) < 4.78 is 4.43. The molecule has 4 bridgehead atoms. The molecule has 4 aliphatic carbocycles. The number of carbonyl (C=O) groups is 1. The summed E-state index contributed by atoms with van der Waals surface area (Å²) in [6.45, 7) is 7.01. The number of hydrogen-bond donors (Lipinski definition) is 1. The second-order valence-electron chi connectivity index (χ2n) is 11.8. The van der Waals surface area contributed by atoms with Crippen LogP contribution in [-0.2, 0) is 17.8 Å². The van der Waals surface area contributed by atoms with Crippen molar-refractivity contribution in [2.24, 2.45) is 29.1 Å². The van der Waals surface area contributed by atoms with Gasteiger partial charge in [0.25, 0.3) is 5.56 Å². The Labute approximate surface area is 203 Å². The smallest absolute Gasteiger partial charge is 0.272 e. The van der Waals surface area contributed by atoms with Gasteiger partial charge in [0.1, 0.15) is 10.5 Å². The fourth-order valence-corrected chi connectivity index (χ4v) is 8.50. The van der Waals surface area contributed by atoms with Crippen molar-refractivity contribution in [1.29, 1.82) is 0 Å². The molecule has 3 aromatic rings. The minimum absolute atomic E-state index is 0.00714. The molecule has 4 fully saturated rings. The van der Waals surface area contributed by atoms with E-state index in [1.165, 1.54) is 49.9 Å². The second-order valence-corrected chi connectivity index (χ2v) is 12.7. The van der Waals surface area contributed by atoms with E-state index >= 15 is 0 Å². The molecule has 7 nitrogen and oxygen atoms in total. The Kier molecular flexibility index (Phi) is 5.35. The topological polar surface area (TPSA) is 81.3 Å². The zero-order valence-electron chi connectivity index (χ0n) is 20.4. The number of rotatable bonds is 7. The van der Waals surface area contributed by atoms with Crippen LogP contribution in [0, 0.1) is 29.1 Å². The monoisotopic (exact) mass is 481 g/mol. The van der Waals surface area contributed by atoms with E-state index in [9.17, 15) is 9.59 Å². The van der Waals surface area contributed by atoms with Crippen molar-refractivity contribution in [3.8, 4) is 0 Å². The van der Waals surface area contributed by atoms with Gasteiger partial charge in [0.2, 0.25) is 11.7 Å². The number of aromatic nitrogens is 4. The van der Waals surface area contributed by atoms with Crippen LogP contribution in [0.4, 0.5) is 0 Å². The molecule has 1 amide bonds. The molecule has 182 valence electrons. The van der Waals surface area contributed by atoms with Gasteiger partial charge in [-0.3, -0.25) is 18.6 Å². The van der Waals surface area contributed by atoms with Gasteiger partial charge in [0, 0.05) is 25.4 Å². The van der Waals surface area contributed by atoms with E-state index in [1.807, 2.05) is 15.8 Å². The van der Waals surface area contributed by atoms with Crippen molar-refractivity contribution in [3.63, 3.8) is 0 Å². The molecule has 0 unspecified atom stereocenters. The van der Waals surface area contributed by atoms with E-state index in [4.69, 9.17) is 0 Å². The highest BCUT2D eigenvalue weighted by atomic mass is 32.1. The van der Waals surface area contributed by atoms with Gasteiger partial charge in [-0.15, -0.1) is 21.5 Å². The van der Waals surface area contributed by atoms with Crippen LogP contribution in [0.3, 0.4) is 0 Å². The summed E-state index contributed by atoms with van der Waals surface area (Å²) in [5.41, 5.74) is 1.14. The first-order chi connectivity index (χ1) is 16.3. The van der Waals surface area contributed by atoms with E-state index in [1.54, 1.807) is 4.57 Å². The van der Waals surface area contributed by atoms with E-state index in [2.05, 4.69) is 36.3 Å². The number of amides is 1. The fraction of sp³-hybridized carbons (Fsp3) is 0.692. The molecular weight excluding hydrogens is 446 g/mol. The lowest BCUT2D eigenvalue weighted by atomic mass is 9.48. The predicted octanol–water partition coefficient (Wildman–Crippen LogP) is 4.42. The van der Waals surface area contributed by atoms with Crippen LogP contribution in [0.25, 0.3) is 16.0 Å². The maximum absolute atomic E-state index is 13.0. The van der Waals surface area contributed by atoms with Crippen LogP contribution >= 0.6 is 11.3 Å². The zero-order valence-corrected chi connectivity index (χ0v) is 21.2. The van der Waals surface area contributed by atoms with Crippen LogP contribution in [-0.4, -0.2) is 31.1 Å². The van der Waals surface area contributed by atoms with E-state index in [0.717, 1.165) is 29.1 Å². The van der Waals surface area contributed by atoms with Crippen LogP contribution in [0.15, 0.2) is 16.2 Å². The van der Waals surface area contributed by atoms with Crippen molar-refractivity contribution in [3.05, 3.63) is 27.6 Å². The molecule has 8 heteroatoms. The molecule has 34 heavy (non-hydrogen) atoms. The molecule has 4 saturated carbocycles. The largest absolute Gasteiger partial charge is 0.353 e. The summed E-state index contributed by atoms with van der Waals surface area (Å²) in [5, 5.41) is 14.1. The Bertz CT molecular complexity index is 1270. The first-order valence-corrected chi connectivity index (χ1v) is 13.8. The molecule has 1 atom stereocenters. The lowest BCUT2D eigenvalue weighted by Gasteiger charge is -2.59. The number of nitrogens with zero attached hydrogens (tertiary/aromatic N) is 4. The highest BCUT2D eigenvalue weighted by molar-refractivity contribution is 7.17. The van der Waals surface area contributed by atoms with Gasteiger partial charge >= 0.3 is 0 Å². The maximum atomic E-state index is 13.0. The normalized spacial score (nSPS) is 28.9. The third-order valence-corrected chi connectivity index (χ3v) is 9.68. The Morgan fingerprint density at radius 3 is 2.47 bits per heavy atom. The molecule has 0 radical (unpaired) electrons. The third-order valence-electron chi connectivity index (χ3n) is 8.78. The van der Waals surface area contributed by atoms with Gasteiger partial charge in [0.15, 0.2) is 0 Å². The minimum atomic E-state index is -0.00714. The standard InChI is InChI=1S/C26H35N5O2S/c1-15(2)14-30-24(33)23-20(6-7-34-23)31-21(28-29-25(30)31)4-5-22(32)27-16(3)26-11-17-8-18(12-26)10-19(9-17)13-26/h6-7,15-19H,4-5,8-14H2,1-3H3,(H,27,32)/t16-,17?,18?,19?,26?/m1/s1. The summed E-state index contributed by atoms with van der Waals surface area (Å²) in [6, 6.07) is 2.18. The molecule has 0 aliphatic heterocycles. The molecule has 0 spiro atoms. The maximum Gasteiger partial charge on any atom is 0.272 e. The number of thiophene rings is 1. The van der Waals surface area contributed by atoms with Gasteiger partial charge in [0.05, 0.1) is 5.52 Å². The Balaban J connectivity index is 1.20. The number of hydrogen-bond acceptors (Lipinski definition) is 5. The Hall–Kier alpha value is -2.22. The number of fused-ring (bicyclic) bond motifs is 3. The Morgan fingerprint density at radius 1 is 1.15 bits per heavy atom. The van der Waals surface area contributed by atoms with Gasteiger partial charge < -0.3 is 5.32 Å². The van der Waals surface area contributed by atoms with Gasteiger partial charge in [-0.1, -0.05) is 13.8 Å². The van der Waals surface area contributed by atoms with Crippen LogP contribution in [0.2, 0.25) is 0 Å². The summed E-state index contributed by atoms with van der Waals surface area (Å²) in [6.07, 6.45) is 9.00. The lowest BCUT2D eigenvalue weighted by molar-refractivity contribution is -0.125. The molecule has 3 heterocycles. The molecule has 1 N–H and O–H groups in total. The van der Waals surface area contributed by atoms with Gasteiger partial charge in [-0.05, 0) is 86.0 Å². The fourth-order valence-electron chi connectivity index (χ4n) is 7.67. The van der Waals surface area contributed by atoms with E-state index in [0.29, 0.717) is 41.2 Å². The number of carbonyl (C=O) groups excluding carboxylic acids is 1. The Morgan fingerprint density at radius 2 is 1.82 bits per heavy atom. The first kappa shape index (κ1) is 22.3. The predicted molar refractivity (Wildman–Crippen MR) is 134 cm³/mol. The SMILES string of the molecule is CC(C)Cn1c(=O)c2sccc2n2c(CCC(=O)N[C@H](C)C34CC5CC(CC(C5)C3)C4)nnc12. The van der Waals surface area contributed by atoms with E-state index < -0.39 is 0 Å². The van der Waals surface area contributed by atoms with E-state index in [-0.39, 0.29) is 17.5 Å². The highest BCUT2D eigenvalue weighted by Crippen LogP contribution is 2.61. The van der Waals surface area contributed by atoms with Crippen LogP contribution in [0.5, 0.6) is 0 Å². The minimum Gasteiger partial charge on any atom is -0.353 e. The molecule has 0 aromatic carbocycles. The lowest BCUT2D eigenvalue weighted by Crippen LogP contribution is -2.55. The van der Waals surface area contributed by atoms with Crippen molar-refractivity contribution >= 4 is 33.2 Å². The number of nitrogens with one attached hydrogen (secondary N) is 1. The van der Waals surface area contributed by atoms with Crippen molar-refractivity contribution in [2.45, 2.75) is 84.7 Å². The average molecular weight is 482 g/mol. The summed E-state index contributed by atoms with van der Waals surface area (Å²) in [7, 11) is 0. The summed E-state index contributed by atoms with van der Waals surface area (Å²) in [4.78, 5) is 26.1. The third kappa shape index (κ3) is 3.60. The van der Waals surface area contributed by atoms with Crippen LogP contribution < -0.4 is 10.9 Å². The summed E-state index contributed by atoms with van der Waals surface area (Å²) >= 11 is 1.45. The molecule has 4 aliphatic rings. The van der Waals surface area contributed by atoms with Gasteiger partial charge in [-0.25, -0.2) is 0 Å².